The van der Waals surface area contributed by atoms with Gasteiger partial charge in [0.2, 0.25) is 11.8 Å². The molecule has 1 aliphatic rings. The molecular formula is C25H33F3N4O7. The summed E-state index contributed by atoms with van der Waals surface area (Å²) in [4.78, 5) is 62.7. The summed E-state index contributed by atoms with van der Waals surface area (Å²) in [6.07, 6.45) is -3.67. The number of aliphatic hydroxyl groups excluding tert-OH is 1. The lowest BCUT2D eigenvalue weighted by Gasteiger charge is -2.29. The Morgan fingerprint density at radius 3 is 2.23 bits per heavy atom. The van der Waals surface area contributed by atoms with Gasteiger partial charge in [0.1, 0.15) is 18.4 Å². The summed E-state index contributed by atoms with van der Waals surface area (Å²) in [6, 6.07) is 1.63. The number of Topliss-reactive ketones (excluding diaryl/α,β-unsaturated/α-hetero) is 1. The Morgan fingerprint density at radius 2 is 1.69 bits per heavy atom. The molecule has 0 radical (unpaired) electrons. The maximum absolute atomic E-state index is 13.1. The number of benzene rings is 1. The first-order valence-corrected chi connectivity index (χ1v) is 12.3. The second kappa shape index (κ2) is 13.4. The van der Waals surface area contributed by atoms with Crippen LogP contribution < -0.4 is 26.0 Å². The number of carbonyl (C=O) groups excluding carboxylic acids is 5. The number of piperidine rings is 1. The van der Waals surface area contributed by atoms with E-state index < -0.39 is 65.6 Å². The van der Waals surface area contributed by atoms with Crippen molar-refractivity contribution in [2.75, 3.05) is 18.5 Å². The van der Waals surface area contributed by atoms with Gasteiger partial charge in [0.05, 0.1) is 6.04 Å². The quantitative estimate of drug-likeness (QED) is 0.271. The fourth-order valence-electron chi connectivity index (χ4n) is 3.97. The van der Waals surface area contributed by atoms with E-state index in [0.29, 0.717) is 19.4 Å². The first kappa shape index (κ1) is 31.5. The highest BCUT2D eigenvalue weighted by molar-refractivity contribution is 6.40. The van der Waals surface area contributed by atoms with Crippen molar-refractivity contribution in [3.8, 4) is 5.75 Å². The zero-order valence-corrected chi connectivity index (χ0v) is 21.8. The van der Waals surface area contributed by atoms with Crippen LogP contribution in [0.4, 0.5) is 18.9 Å². The number of alkyl halides is 3. The van der Waals surface area contributed by atoms with Gasteiger partial charge in [-0.05, 0) is 55.4 Å². The van der Waals surface area contributed by atoms with Crippen LogP contribution in [-0.2, 0) is 24.0 Å². The molecule has 1 aromatic rings. The largest absolute Gasteiger partial charge is 0.573 e. The van der Waals surface area contributed by atoms with E-state index in [1.807, 2.05) is 0 Å². The first-order chi connectivity index (χ1) is 18.1. The Labute approximate surface area is 223 Å². The van der Waals surface area contributed by atoms with Crippen LogP contribution in [0.5, 0.6) is 5.75 Å². The number of carbonyl (C=O) groups is 5. The van der Waals surface area contributed by atoms with E-state index in [2.05, 4.69) is 26.0 Å². The average molecular weight is 559 g/mol. The maximum Gasteiger partial charge on any atom is 0.573 e. The number of ether oxygens (including phenoxy) is 1. The summed E-state index contributed by atoms with van der Waals surface area (Å²) in [5, 5.41) is 19.1. The second-order valence-corrected chi connectivity index (χ2v) is 10.4. The minimum absolute atomic E-state index is 0.000799. The molecule has 4 amide bonds. The number of hydrogen-bond acceptors (Lipinski definition) is 7. The molecule has 3 atom stereocenters. The molecule has 0 saturated carbocycles. The van der Waals surface area contributed by atoms with Gasteiger partial charge in [-0.1, -0.05) is 20.8 Å². The Morgan fingerprint density at radius 1 is 1.05 bits per heavy atom. The van der Waals surface area contributed by atoms with Crippen LogP contribution in [0.3, 0.4) is 0 Å². The minimum Gasteiger partial charge on any atom is -0.406 e. The van der Waals surface area contributed by atoms with E-state index in [1.54, 1.807) is 20.8 Å². The summed E-state index contributed by atoms with van der Waals surface area (Å²) in [6.45, 7) is 4.99. The van der Waals surface area contributed by atoms with Gasteiger partial charge in [-0.25, -0.2) is 0 Å². The maximum atomic E-state index is 13.1. The third-order valence-electron chi connectivity index (χ3n) is 5.77. The van der Waals surface area contributed by atoms with Gasteiger partial charge in [0, 0.05) is 18.2 Å². The highest BCUT2D eigenvalue weighted by Crippen LogP contribution is 2.24. The summed E-state index contributed by atoms with van der Waals surface area (Å²) >= 11 is 0. The number of anilines is 1. The van der Waals surface area contributed by atoms with Gasteiger partial charge in [0.25, 0.3) is 0 Å². The molecule has 0 aliphatic carbocycles. The van der Waals surface area contributed by atoms with Crippen LogP contribution in [-0.4, -0.2) is 66.1 Å². The minimum atomic E-state index is -4.89. The molecule has 14 heteroatoms. The molecule has 39 heavy (non-hydrogen) atoms. The lowest BCUT2D eigenvalue weighted by Crippen LogP contribution is -2.55. The molecule has 1 aliphatic heterocycles. The molecule has 1 saturated heterocycles. The molecule has 0 aromatic heterocycles. The zero-order chi connectivity index (χ0) is 29.4. The number of rotatable bonds is 10. The van der Waals surface area contributed by atoms with E-state index in [9.17, 15) is 42.3 Å². The molecular weight excluding hydrogens is 525 g/mol. The van der Waals surface area contributed by atoms with Gasteiger partial charge >= 0.3 is 18.2 Å². The van der Waals surface area contributed by atoms with Gasteiger partial charge < -0.3 is 31.1 Å². The number of nitrogens with one attached hydrogen (secondary N) is 4. The number of halogens is 3. The van der Waals surface area contributed by atoms with Crippen molar-refractivity contribution in [2.45, 2.75) is 64.9 Å². The van der Waals surface area contributed by atoms with Crippen molar-refractivity contribution in [1.29, 1.82) is 0 Å². The SMILES string of the molecule is CC(C)(C)C[C@H](NC(=O)C(=O)Nc1ccc(OC(F)(F)F)cc1)C(=O)NC(C[C@@H]1CCCNC1=O)C(=O)CO. The summed E-state index contributed by atoms with van der Waals surface area (Å²) < 4.78 is 40.7. The fourth-order valence-corrected chi connectivity index (χ4v) is 3.97. The Balaban J connectivity index is 2.09. The van der Waals surface area contributed by atoms with E-state index in [-0.39, 0.29) is 24.4 Å². The molecule has 1 fully saturated rings. The highest BCUT2D eigenvalue weighted by atomic mass is 19.4. The third kappa shape index (κ3) is 10.9. The zero-order valence-electron chi connectivity index (χ0n) is 21.8. The molecule has 0 bridgehead atoms. The van der Waals surface area contributed by atoms with Crippen molar-refractivity contribution >= 4 is 35.1 Å². The van der Waals surface area contributed by atoms with Gasteiger partial charge in [-0.3, -0.25) is 24.0 Å². The molecule has 2 rings (SSSR count). The lowest BCUT2D eigenvalue weighted by atomic mass is 9.87. The van der Waals surface area contributed by atoms with Crippen LogP contribution in [0, 0.1) is 11.3 Å². The van der Waals surface area contributed by atoms with Crippen LogP contribution in [0.25, 0.3) is 0 Å². The van der Waals surface area contributed by atoms with E-state index in [1.165, 1.54) is 0 Å². The number of amides is 4. The third-order valence-corrected chi connectivity index (χ3v) is 5.77. The summed E-state index contributed by atoms with van der Waals surface area (Å²) in [5.74, 6) is -5.22. The number of ketones is 1. The van der Waals surface area contributed by atoms with Gasteiger partial charge in [0.15, 0.2) is 5.78 Å². The predicted octanol–water partition coefficient (Wildman–Crippen LogP) is 1.41. The second-order valence-electron chi connectivity index (χ2n) is 10.4. The Kier molecular flexibility index (Phi) is 10.8. The van der Waals surface area contributed by atoms with E-state index >= 15 is 0 Å². The van der Waals surface area contributed by atoms with E-state index in [0.717, 1.165) is 24.3 Å². The smallest absolute Gasteiger partial charge is 0.406 e. The highest BCUT2D eigenvalue weighted by Gasteiger charge is 2.34. The predicted molar refractivity (Wildman–Crippen MR) is 132 cm³/mol. The Bertz CT molecular complexity index is 1060. The average Bonchev–Trinajstić information content (AvgIpc) is 2.83. The fraction of sp³-hybridized carbons (Fsp3) is 0.560. The first-order valence-electron chi connectivity index (χ1n) is 12.3. The van der Waals surface area contributed by atoms with Gasteiger partial charge in [-0.15, -0.1) is 13.2 Å². The van der Waals surface area contributed by atoms with Crippen molar-refractivity contribution in [3.63, 3.8) is 0 Å². The van der Waals surface area contributed by atoms with Crippen molar-refractivity contribution in [1.82, 2.24) is 16.0 Å². The van der Waals surface area contributed by atoms with Gasteiger partial charge in [-0.2, -0.15) is 0 Å². The van der Waals surface area contributed by atoms with Crippen molar-refractivity contribution in [2.24, 2.45) is 11.3 Å². The normalized spacial score (nSPS) is 17.3. The molecule has 11 nitrogen and oxygen atoms in total. The molecule has 0 spiro atoms. The number of hydrogen-bond donors (Lipinski definition) is 5. The molecule has 1 aromatic carbocycles. The summed E-state index contributed by atoms with van der Waals surface area (Å²) in [7, 11) is 0. The monoisotopic (exact) mass is 558 g/mol. The van der Waals surface area contributed by atoms with Crippen LogP contribution in [0.1, 0.15) is 46.5 Å². The van der Waals surface area contributed by atoms with Crippen LogP contribution in [0.2, 0.25) is 0 Å². The molecule has 1 unspecified atom stereocenters. The van der Waals surface area contributed by atoms with E-state index in [4.69, 9.17) is 0 Å². The molecule has 5 N–H and O–H groups in total. The van der Waals surface area contributed by atoms with Crippen molar-refractivity contribution in [3.05, 3.63) is 24.3 Å². The lowest BCUT2D eigenvalue weighted by molar-refractivity contribution is -0.274. The van der Waals surface area contributed by atoms with Crippen LogP contribution in [0.15, 0.2) is 24.3 Å². The molecule has 216 valence electrons. The molecule has 1 heterocycles. The van der Waals surface area contributed by atoms with Crippen molar-refractivity contribution < 1.29 is 47.0 Å². The number of aliphatic hydroxyl groups is 1. The standard InChI is InChI=1S/C25H33F3N4O7/c1-24(2,3)12-18(21(36)31-17(19(34)13-33)11-14-5-4-10-29-20(14)35)32-23(38)22(37)30-15-6-8-16(9-7-15)39-25(26,27)28/h6-9,14,17-18,33H,4-5,10-13H2,1-3H3,(H,29,35)(H,30,37)(H,31,36)(H,32,38)/t14-,17?,18-/m0/s1. The van der Waals surface area contributed by atoms with Crippen LogP contribution >= 0.6 is 0 Å². The topological polar surface area (TPSA) is 163 Å². The summed E-state index contributed by atoms with van der Waals surface area (Å²) in [5.41, 5.74) is -0.513. The Hall–Kier alpha value is -3.68.